The van der Waals surface area contributed by atoms with E-state index >= 15 is 0 Å². The van der Waals surface area contributed by atoms with Gasteiger partial charge in [-0.1, -0.05) is 92.8 Å². The van der Waals surface area contributed by atoms with Crippen LogP contribution in [0, 0.1) is 0 Å². The van der Waals surface area contributed by atoms with E-state index in [0.29, 0.717) is 113 Å². The molecule has 48 heavy (non-hydrogen) atoms. The monoisotopic (exact) mass is 785 g/mol. The van der Waals surface area contributed by atoms with Crippen molar-refractivity contribution < 1.29 is 0 Å². The largest absolute Gasteiger partial charge is 0.339 e. The molecule has 0 unspecified atom stereocenters. The molecule has 0 radical (unpaired) electrons. The summed E-state index contributed by atoms with van der Waals surface area (Å²) < 4.78 is 0. The summed E-state index contributed by atoms with van der Waals surface area (Å²) in [5, 5.41) is 5.60. The molecule has 7 nitrogen and oxygen atoms in total. The zero-order valence-electron chi connectivity index (χ0n) is 23.5. The molecular formula is C33H11Cl8N7. The van der Waals surface area contributed by atoms with Gasteiger partial charge in [0, 0.05) is 38.2 Å². The van der Waals surface area contributed by atoms with Crippen molar-refractivity contribution in [2.75, 3.05) is 0 Å². The Labute approximate surface area is 309 Å². The number of benzene rings is 4. The minimum atomic E-state index is 0.266. The standard InChI is InChI=1S/C33H11Cl8N7/c34-14-1-2-15(35)25-24(14)23-9-22-10-5-18(38)19(39)6-11(10)28(42-22)45-32-26-16(36)3-4-17(37)27(26)33(48-32)47-30-13-8-21(41)20(40)7-12(13)29(44-30)46-31(25)43-23/h1-9H,(H2,42,43,44,45,46,47,48). The summed E-state index contributed by atoms with van der Waals surface area (Å²) in [5.41, 5.74) is 4.51. The van der Waals surface area contributed by atoms with Gasteiger partial charge >= 0.3 is 0 Å². The summed E-state index contributed by atoms with van der Waals surface area (Å²) in [4.78, 5) is 31.3. The van der Waals surface area contributed by atoms with E-state index in [1.807, 2.05) is 6.07 Å². The van der Waals surface area contributed by atoms with Gasteiger partial charge in [0.1, 0.15) is 16.9 Å². The Morgan fingerprint density at radius 2 is 0.729 bits per heavy atom. The number of hydrogen-bond acceptors (Lipinski definition) is 5. The molecule has 2 aliphatic rings. The molecule has 0 atom stereocenters. The van der Waals surface area contributed by atoms with Crippen molar-refractivity contribution in [1.29, 1.82) is 0 Å². The van der Waals surface area contributed by atoms with Crippen molar-refractivity contribution in [3.8, 4) is 45.4 Å². The highest BCUT2D eigenvalue weighted by atomic mass is 35.5. The summed E-state index contributed by atoms with van der Waals surface area (Å²) in [6.07, 6.45) is 0. The topological polar surface area (TPSA) is 96.0 Å². The summed E-state index contributed by atoms with van der Waals surface area (Å²) in [6, 6.07) is 15.5. The molecule has 234 valence electrons. The third-order valence-electron chi connectivity index (χ3n) is 8.17. The predicted molar refractivity (Wildman–Crippen MR) is 198 cm³/mol. The SMILES string of the molecule is Clc1cc2c3cc4nc(nc5[nH]c(nc6nc(nc([nH]3)c2cc1Cl)-c1c(Cl)ccc(Cl)c1-6)c1cc(Cl)c(Cl)cc51)-c1c(Cl)ccc(Cl)c1-4. The molecule has 4 aromatic carbocycles. The molecule has 7 aromatic rings. The lowest BCUT2D eigenvalue weighted by atomic mass is 10.1. The van der Waals surface area contributed by atoms with Crippen LogP contribution < -0.4 is 0 Å². The van der Waals surface area contributed by atoms with Gasteiger partial charge in [0.05, 0.1) is 57.0 Å². The van der Waals surface area contributed by atoms with Crippen LogP contribution in [0.4, 0.5) is 0 Å². The van der Waals surface area contributed by atoms with Gasteiger partial charge in [0.25, 0.3) is 0 Å². The van der Waals surface area contributed by atoms with E-state index in [1.165, 1.54) is 0 Å². The first-order valence-corrected chi connectivity index (χ1v) is 17.0. The van der Waals surface area contributed by atoms with Gasteiger partial charge in [-0.15, -0.1) is 0 Å². The first-order chi connectivity index (χ1) is 23.0. The molecule has 3 aromatic heterocycles. The molecule has 15 heteroatoms. The molecule has 9 rings (SSSR count). The van der Waals surface area contributed by atoms with E-state index in [-0.39, 0.29) is 11.6 Å². The number of rotatable bonds is 0. The van der Waals surface area contributed by atoms with Crippen molar-refractivity contribution >= 4 is 137 Å². The van der Waals surface area contributed by atoms with Gasteiger partial charge < -0.3 is 9.97 Å². The Kier molecular flexibility index (Phi) is 7.07. The second-order valence-corrected chi connectivity index (χ2v) is 14.2. The maximum Gasteiger partial charge on any atom is 0.166 e. The van der Waals surface area contributed by atoms with Crippen LogP contribution >= 0.6 is 92.8 Å². The molecule has 0 aliphatic carbocycles. The van der Waals surface area contributed by atoms with Crippen LogP contribution in [0.1, 0.15) is 0 Å². The summed E-state index contributed by atoms with van der Waals surface area (Å²) >= 11 is 53.1. The first-order valence-electron chi connectivity index (χ1n) is 14.0. The van der Waals surface area contributed by atoms with E-state index < -0.39 is 0 Å². The normalized spacial score (nSPS) is 12.2. The smallest absolute Gasteiger partial charge is 0.166 e. The van der Waals surface area contributed by atoms with Crippen LogP contribution in [-0.4, -0.2) is 34.9 Å². The average Bonchev–Trinajstić information content (AvgIpc) is 3.77. The Balaban J connectivity index is 1.55. The quantitative estimate of drug-likeness (QED) is 0.159. The second-order valence-electron chi connectivity index (χ2n) is 11.0. The van der Waals surface area contributed by atoms with E-state index in [9.17, 15) is 0 Å². The molecule has 0 spiro atoms. The fourth-order valence-corrected chi connectivity index (χ4v) is 7.68. The van der Waals surface area contributed by atoms with Crippen molar-refractivity contribution in [1.82, 2.24) is 34.9 Å². The fourth-order valence-electron chi connectivity index (χ4n) is 6.04. The zero-order chi connectivity index (χ0) is 33.2. The summed E-state index contributed by atoms with van der Waals surface area (Å²) in [7, 11) is 0. The fraction of sp³-hybridized carbons (Fsp3) is 0. The highest BCUT2D eigenvalue weighted by Gasteiger charge is 2.27. The highest BCUT2D eigenvalue weighted by Crippen LogP contribution is 2.46. The zero-order valence-corrected chi connectivity index (χ0v) is 29.5. The third-order valence-corrected chi connectivity index (χ3v) is 10.9. The molecule has 0 fully saturated rings. The number of fused-ring (bicyclic) bond motifs is 20. The lowest BCUT2D eigenvalue weighted by Gasteiger charge is -2.04. The number of H-pyrrole nitrogens is 2. The molecule has 5 heterocycles. The Bertz CT molecular complexity index is 2420. The van der Waals surface area contributed by atoms with Crippen LogP contribution in [0.5, 0.6) is 0 Å². The molecule has 0 amide bonds. The number of halogens is 8. The number of nitrogens with one attached hydrogen (secondary N) is 2. The Morgan fingerprint density at radius 1 is 0.354 bits per heavy atom. The molecule has 2 aliphatic heterocycles. The average molecular weight is 789 g/mol. The predicted octanol–water partition coefficient (Wildman–Crippen LogP) is 12.7. The van der Waals surface area contributed by atoms with Crippen molar-refractivity contribution in [2.45, 2.75) is 0 Å². The van der Waals surface area contributed by atoms with Crippen LogP contribution in [0.2, 0.25) is 40.2 Å². The lowest BCUT2D eigenvalue weighted by Crippen LogP contribution is -1.85. The van der Waals surface area contributed by atoms with Crippen LogP contribution in [0.25, 0.3) is 89.4 Å². The minimum Gasteiger partial charge on any atom is -0.339 e. The van der Waals surface area contributed by atoms with Crippen LogP contribution in [-0.2, 0) is 0 Å². The van der Waals surface area contributed by atoms with Crippen molar-refractivity contribution in [3.05, 3.63) is 94.8 Å². The first kappa shape index (κ1) is 30.7. The molecular weight excluding hydrogens is 778 g/mol. The van der Waals surface area contributed by atoms with E-state index in [0.717, 1.165) is 5.39 Å². The minimum absolute atomic E-state index is 0.266. The summed E-state index contributed by atoms with van der Waals surface area (Å²) in [6.45, 7) is 0. The number of hydrogen-bond donors (Lipinski definition) is 2. The van der Waals surface area contributed by atoms with Gasteiger partial charge in [0.2, 0.25) is 0 Å². The van der Waals surface area contributed by atoms with Gasteiger partial charge in [0.15, 0.2) is 17.5 Å². The highest BCUT2D eigenvalue weighted by molar-refractivity contribution is 6.44. The van der Waals surface area contributed by atoms with Crippen molar-refractivity contribution in [2.24, 2.45) is 0 Å². The molecule has 2 N–H and O–H groups in total. The van der Waals surface area contributed by atoms with Gasteiger partial charge in [-0.05, 0) is 54.6 Å². The molecule has 8 bridgehead atoms. The number of nitrogens with zero attached hydrogens (tertiary/aromatic N) is 5. The van der Waals surface area contributed by atoms with Gasteiger partial charge in [-0.3, -0.25) is 0 Å². The van der Waals surface area contributed by atoms with Crippen molar-refractivity contribution in [3.63, 3.8) is 0 Å². The Hall–Kier alpha value is -3.37. The third kappa shape index (κ3) is 4.61. The second kappa shape index (κ2) is 11.1. The van der Waals surface area contributed by atoms with Gasteiger partial charge in [-0.25, -0.2) is 24.9 Å². The number of aromatic amines is 2. The molecule has 0 saturated heterocycles. The summed E-state index contributed by atoms with van der Waals surface area (Å²) in [5.74, 6) is 0.856. The van der Waals surface area contributed by atoms with Crippen LogP contribution in [0.15, 0.2) is 54.6 Å². The van der Waals surface area contributed by atoms with E-state index in [1.54, 1.807) is 48.5 Å². The van der Waals surface area contributed by atoms with E-state index in [2.05, 4.69) is 9.97 Å². The maximum atomic E-state index is 6.80. The lowest BCUT2D eigenvalue weighted by molar-refractivity contribution is 1.21. The maximum absolute atomic E-state index is 6.80. The van der Waals surface area contributed by atoms with Gasteiger partial charge in [-0.2, -0.15) is 0 Å². The Morgan fingerprint density at radius 3 is 1.23 bits per heavy atom. The van der Waals surface area contributed by atoms with E-state index in [4.69, 9.17) is 118 Å². The molecule has 0 saturated carbocycles. The van der Waals surface area contributed by atoms with Crippen LogP contribution in [0.3, 0.4) is 0 Å². The number of aromatic nitrogens is 7.